The molecule has 1 atom stereocenters. The molecule has 0 bridgehead atoms. The third kappa shape index (κ3) is 5.96. The van der Waals surface area contributed by atoms with E-state index in [1.807, 2.05) is 31.2 Å². The molecule has 0 aromatic heterocycles. The highest BCUT2D eigenvalue weighted by atomic mass is 127. The van der Waals surface area contributed by atoms with Gasteiger partial charge in [-0.15, -0.1) is 24.0 Å². The first-order chi connectivity index (χ1) is 10.7. The molecule has 5 nitrogen and oxygen atoms in total. The van der Waals surface area contributed by atoms with Crippen LogP contribution in [0.1, 0.15) is 31.2 Å². The van der Waals surface area contributed by atoms with E-state index in [4.69, 9.17) is 0 Å². The number of hydrogen-bond acceptors (Lipinski definition) is 2. The maximum atomic E-state index is 12.2. The second-order valence-corrected chi connectivity index (χ2v) is 5.23. The summed E-state index contributed by atoms with van der Waals surface area (Å²) >= 11 is 0. The summed E-state index contributed by atoms with van der Waals surface area (Å²) in [5, 5.41) is 9.11. The third-order valence-corrected chi connectivity index (χ3v) is 3.52. The molecule has 1 aromatic rings. The zero-order chi connectivity index (χ0) is 15.8. The average Bonchev–Trinajstić information content (AvgIpc) is 2.52. The largest absolute Gasteiger partial charge is 0.357 e. The molecule has 0 radical (unpaired) electrons. The van der Waals surface area contributed by atoms with E-state index < -0.39 is 0 Å². The lowest BCUT2D eigenvalue weighted by Crippen LogP contribution is -2.38. The molecule has 0 fully saturated rings. The zero-order valence-electron chi connectivity index (χ0n) is 13.3. The second-order valence-electron chi connectivity index (χ2n) is 5.23. The van der Waals surface area contributed by atoms with Crippen LogP contribution < -0.4 is 16.0 Å². The van der Waals surface area contributed by atoms with E-state index in [2.05, 4.69) is 20.9 Å². The lowest BCUT2D eigenvalue weighted by Gasteiger charge is -2.24. The molecule has 1 unspecified atom stereocenters. The van der Waals surface area contributed by atoms with E-state index in [0.29, 0.717) is 31.9 Å². The Balaban J connectivity index is 0.00000264. The summed E-state index contributed by atoms with van der Waals surface area (Å²) < 4.78 is 12.2. The van der Waals surface area contributed by atoms with Crippen LogP contribution in [0.25, 0.3) is 0 Å². The van der Waals surface area contributed by atoms with Crippen LogP contribution >= 0.6 is 24.0 Å². The molecular formula is C16H24FIN4O. The van der Waals surface area contributed by atoms with Gasteiger partial charge in [0.1, 0.15) is 0 Å². The van der Waals surface area contributed by atoms with Crippen molar-refractivity contribution in [2.24, 2.45) is 4.99 Å². The molecule has 3 N–H and O–H groups in total. The Kier molecular flexibility index (Phi) is 8.90. The normalized spacial score (nSPS) is 16.9. The minimum absolute atomic E-state index is 0. The quantitative estimate of drug-likeness (QED) is 0.279. The van der Waals surface area contributed by atoms with Crippen molar-refractivity contribution < 1.29 is 9.18 Å². The van der Waals surface area contributed by atoms with Crippen LogP contribution in [0.4, 0.5) is 10.1 Å². The number of rotatable bonds is 6. The van der Waals surface area contributed by atoms with Crippen molar-refractivity contribution in [1.29, 1.82) is 0 Å². The first-order valence-corrected chi connectivity index (χ1v) is 7.71. The van der Waals surface area contributed by atoms with Gasteiger partial charge in [0.2, 0.25) is 5.91 Å². The van der Waals surface area contributed by atoms with Crippen molar-refractivity contribution in [3.8, 4) is 0 Å². The Morgan fingerprint density at radius 3 is 2.91 bits per heavy atom. The van der Waals surface area contributed by atoms with Crippen LogP contribution in [-0.4, -0.2) is 38.2 Å². The molecule has 1 aromatic carbocycles. The van der Waals surface area contributed by atoms with Crippen molar-refractivity contribution in [2.75, 3.05) is 31.6 Å². The van der Waals surface area contributed by atoms with Crippen LogP contribution in [-0.2, 0) is 4.79 Å². The predicted molar refractivity (Wildman–Crippen MR) is 102 cm³/mol. The molecule has 0 saturated carbocycles. The molecule has 2 rings (SSSR count). The first kappa shape index (κ1) is 19.7. The fourth-order valence-electron chi connectivity index (χ4n) is 2.48. The van der Waals surface area contributed by atoms with Crippen molar-refractivity contribution in [2.45, 2.75) is 25.7 Å². The van der Waals surface area contributed by atoms with Gasteiger partial charge in [0, 0.05) is 31.1 Å². The van der Waals surface area contributed by atoms with Gasteiger partial charge >= 0.3 is 0 Å². The van der Waals surface area contributed by atoms with E-state index >= 15 is 0 Å². The number of fused-ring (bicyclic) bond motifs is 1. The average molecular weight is 434 g/mol. The summed E-state index contributed by atoms with van der Waals surface area (Å²) in [6, 6.07) is 7.82. The lowest BCUT2D eigenvalue weighted by atomic mass is 9.91. The summed E-state index contributed by atoms with van der Waals surface area (Å²) in [6.45, 7) is 3.45. The van der Waals surface area contributed by atoms with Gasteiger partial charge < -0.3 is 16.0 Å². The zero-order valence-corrected chi connectivity index (χ0v) is 15.6. The Morgan fingerprint density at radius 2 is 2.17 bits per heavy atom. The molecule has 7 heteroatoms. The number of carbonyl (C=O) groups is 1. The van der Waals surface area contributed by atoms with E-state index in [9.17, 15) is 9.18 Å². The van der Waals surface area contributed by atoms with Gasteiger partial charge in [0.05, 0.1) is 13.2 Å². The van der Waals surface area contributed by atoms with E-state index in [1.54, 1.807) is 0 Å². The van der Waals surface area contributed by atoms with Gasteiger partial charge in [0.15, 0.2) is 5.96 Å². The van der Waals surface area contributed by atoms with Gasteiger partial charge in [0.25, 0.3) is 0 Å². The minimum atomic E-state index is -0.345. The van der Waals surface area contributed by atoms with Gasteiger partial charge in [-0.05, 0) is 25.0 Å². The SMILES string of the molecule is CCNC(=NCC1CC(=O)Nc2ccccc21)NCCCF.I. The van der Waals surface area contributed by atoms with Gasteiger partial charge in [-0.25, -0.2) is 0 Å². The number of nitrogens with one attached hydrogen (secondary N) is 3. The number of hydrogen-bond donors (Lipinski definition) is 3. The highest BCUT2D eigenvalue weighted by molar-refractivity contribution is 14.0. The van der Waals surface area contributed by atoms with Gasteiger partial charge in [-0.1, -0.05) is 18.2 Å². The second kappa shape index (κ2) is 10.4. The van der Waals surface area contributed by atoms with E-state index in [-0.39, 0.29) is 42.5 Å². The number of guanidine groups is 1. The van der Waals surface area contributed by atoms with Crippen LogP contribution in [0.2, 0.25) is 0 Å². The monoisotopic (exact) mass is 434 g/mol. The number of alkyl halides is 1. The first-order valence-electron chi connectivity index (χ1n) is 7.71. The van der Waals surface area contributed by atoms with Crippen LogP contribution in [0, 0.1) is 0 Å². The summed E-state index contributed by atoms with van der Waals surface area (Å²) in [5.41, 5.74) is 1.99. The number of carbonyl (C=O) groups excluding carboxylic acids is 1. The number of aliphatic imine (C=N–C) groups is 1. The standard InChI is InChI=1S/C16H23FN4O.HI/c1-2-18-16(19-9-5-8-17)20-11-12-10-15(22)21-14-7-4-3-6-13(12)14;/h3-4,6-7,12H,2,5,8-11H2,1H3,(H,21,22)(H2,18,19,20);1H. The Morgan fingerprint density at radius 1 is 1.39 bits per heavy atom. The molecular weight excluding hydrogens is 410 g/mol. The summed E-state index contributed by atoms with van der Waals surface area (Å²) in [6.07, 6.45) is 0.892. The van der Waals surface area contributed by atoms with Crippen molar-refractivity contribution in [1.82, 2.24) is 10.6 Å². The van der Waals surface area contributed by atoms with Crippen LogP contribution in [0.15, 0.2) is 29.3 Å². The number of benzene rings is 1. The smallest absolute Gasteiger partial charge is 0.225 e. The molecule has 1 aliphatic rings. The molecule has 0 aliphatic carbocycles. The Hall–Kier alpha value is -1.38. The number of nitrogens with zero attached hydrogens (tertiary/aromatic N) is 1. The van der Waals surface area contributed by atoms with E-state index in [0.717, 1.165) is 17.8 Å². The van der Waals surface area contributed by atoms with Crippen molar-refractivity contribution in [3.05, 3.63) is 29.8 Å². The molecule has 1 heterocycles. The van der Waals surface area contributed by atoms with E-state index in [1.165, 1.54) is 0 Å². The van der Waals surface area contributed by atoms with Crippen molar-refractivity contribution in [3.63, 3.8) is 0 Å². The molecule has 23 heavy (non-hydrogen) atoms. The number of amides is 1. The lowest BCUT2D eigenvalue weighted by molar-refractivity contribution is -0.116. The molecule has 1 aliphatic heterocycles. The highest BCUT2D eigenvalue weighted by Crippen LogP contribution is 2.31. The number of halogens is 2. The summed E-state index contributed by atoms with van der Waals surface area (Å²) in [7, 11) is 0. The molecule has 128 valence electrons. The minimum Gasteiger partial charge on any atom is -0.357 e. The van der Waals surface area contributed by atoms with Crippen molar-refractivity contribution >= 4 is 41.5 Å². The fraction of sp³-hybridized carbons (Fsp3) is 0.500. The molecule has 1 amide bonds. The maximum absolute atomic E-state index is 12.2. The van der Waals surface area contributed by atoms with Crippen LogP contribution in [0.5, 0.6) is 0 Å². The summed E-state index contributed by atoms with van der Waals surface area (Å²) in [5.74, 6) is 0.760. The fourth-order valence-corrected chi connectivity index (χ4v) is 2.48. The number of anilines is 1. The Labute approximate surface area is 153 Å². The maximum Gasteiger partial charge on any atom is 0.225 e. The topological polar surface area (TPSA) is 65.5 Å². The van der Waals surface area contributed by atoms with Gasteiger partial charge in [-0.2, -0.15) is 0 Å². The molecule has 0 saturated heterocycles. The predicted octanol–water partition coefficient (Wildman–Crippen LogP) is 2.65. The Bertz CT molecular complexity index is 539. The number of para-hydroxylation sites is 1. The van der Waals surface area contributed by atoms with Crippen LogP contribution in [0.3, 0.4) is 0 Å². The summed E-state index contributed by atoms with van der Waals surface area (Å²) in [4.78, 5) is 16.3. The third-order valence-electron chi connectivity index (χ3n) is 3.52. The molecule has 0 spiro atoms. The highest BCUT2D eigenvalue weighted by Gasteiger charge is 2.24. The van der Waals surface area contributed by atoms with Gasteiger partial charge in [-0.3, -0.25) is 14.2 Å².